The number of hydrogen-bond donors (Lipinski definition) is 1. The van der Waals surface area contributed by atoms with Crippen molar-refractivity contribution in [3.63, 3.8) is 0 Å². The maximum atomic E-state index is 13.2. The number of carbonyl (C=O) groups is 2. The van der Waals surface area contributed by atoms with Crippen LogP contribution in [0.5, 0.6) is 0 Å². The van der Waals surface area contributed by atoms with Gasteiger partial charge in [-0.25, -0.2) is 4.39 Å². The molecule has 1 aromatic carbocycles. The molecule has 0 bridgehead atoms. The Morgan fingerprint density at radius 2 is 2.00 bits per heavy atom. The minimum absolute atomic E-state index is 0.100. The SMILES string of the molecule is Nc1cc(F)cc(SC2CC(=O)N(C3CC3)C2=O)c1. The van der Waals surface area contributed by atoms with E-state index in [-0.39, 0.29) is 24.3 Å². The van der Waals surface area contributed by atoms with Crippen molar-refractivity contribution in [2.75, 3.05) is 5.73 Å². The molecule has 1 aliphatic carbocycles. The van der Waals surface area contributed by atoms with Crippen LogP contribution in [0.15, 0.2) is 23.1 Å². The molecule has 1 saturated heterocycles. The number of benzene rings is 1. The predicted octanol–water partition coefficient (Wildman–Crippen LogP) is 1.79. The maximum Gasteiger partial charge on any atom is 0.243 e. The number of nitrogens with two attached hydrogens (primary N) is 1. The quantitative estimate of drug-likeness (QED) is 0.677. The molecule has 1 aliphatic heterocycles. The first-order valence-electron chi connectivity index (χ1n) is 6.13. The van der Waals surface area contributed by atoms with E-state index in [9.17, 15) is 14.0 Å². The van der Waals surface area contributed by atoms with Crippen molar-refractivity contribution in [3.05, 3.63) is 24.0 Å². The Morgan fingerprint density at radius 3 is 2.63 bits per heavy atom. The molecule has 1 saturated carbocycles. The van der Waals surface area contributed by atoms with E-state index in [1.165, 1.54) is 28.8 Å². The molecule has 1 aromatic rings. The van der Waals surface area contributed by atoms with Crippen molar-refractivity contribution < 1.29 is 14.0 Å². The van der Waals surface area contributed by atoms with E-state index < -0.39 is 11.1 Å². The lowest BCUT2D eigenvalue weighted by molar-refractivity contribution is -0.138. The van der Waals surface area contributed by atoms with Gasteiger partial charge in [0.2, 0.25) is 11.8 Å². The topological polar surface area (TPSA) is 63.4 Å². The minimum atomic E-state index is -0.450. The number of halogens is 1. The number of anilines is 1. The first-order chi connectivity index (χ1) is 9.04. The number of rotatable bonds is 3. The van der Waals surface area contributed by atoms with Crippen LogP contribution < -0.4 is 5.73 Å². The number of amides is 2. The van der Waals surface area contributed by atoms with Crippen molar-refractivity contribution in [2.45, 2.75) is 35.4 Å². The molecule has 1 heterocycles. The second kappa shape index (κ2) is 4.52. The number of nitrogens with zero attached hydrogens (tertiary/aromatic N) is 1. The summed E-state index contributed by atoms with van der Waals surface area (Å²) in [4.78, 5) is 25.9. The molecule has 3 rings (SSSR count). The van der Waals surface area contributed by atoms with Gasteiger partial charge in [-0.1, -0.05) is 0 Å². The van der Waals surface area contributed by atoms with Crippen LogP contribution in [0.1, 0.15) is 19.3 Å². The zero-order chi connectivity index (χ0) is 13.6. The third-order valence-electron chi connectivity index (χ3n) is 3.23. The summed E-state index contributed by atoms with van der Waals surface area (Å²) < 4.78 is 13.2. The number of hydrogen-bond acceptors (Lipinski definition) is 4. The fourth-order valence-corrected chi connectivity index (χ4v) is 3.40. The van der Waals surface area contributed by atoms with Crippen molar-refractivity contribution >= 4 is 29.3 Å². The smallest absolute Gasteiger partial charge is 0.243 e. The van der Waals surface area contributed by atoms with Gasteiger partial charge in [-0.05, 0) is 31.0 Å². The van der Waals surface area contributed by atoms with E-state index in [1.807, 2.05) is 0 Å². The highest BCUT2D eigenvalue weighted by Gasteiger charge is 2.46. The Balaban J connectivity index is 1.76. The van der Waals surface area contributed by atoms with Gasteiger partial charge in [0.25, 0.3) is 0 Å². The largest absolute Gasteiger partial charge is 0.399 e. The first kappa shape index (κ1) is 12.5. The standard InChI is InChI=1S/C13H13FN2O2S/c14-7-3-8(15)5-10(4-7)19-11-6-12(17)16(13(11)18)9-1-2-9/h3-5,9,11H,1-2,6,15H2. The molecule has 0 aromatic heterocycles. The normalized spacial score (nSPS) is 23.2. The summed E-state index contributed by atoms with van der Waals surface area (Å²) >= 11 is 1.21. The van der Waals surface area contributed by atoms with Gasteiger partial charge in [0, 0.05) is 23.0 Å². The first-order valence-corrected chi connectivity index (χ1v) is 7.01. The van der Waals surface area contributed by atoms with Gasteiger partial charge >= 0.3 is 0 Å². The third kappa shape index (κ3) is 2.45. The number of nitrogen functional groups attached to an aromatic ring is 1. The fourth-order valence-electron chi connectivity index (χ4n) is 2.25. The number of carbonyl (C=O) groups excluding carboxylic acids is 2. The molecular weight excluding hydrogens is 267 g/mol. The summed E-state index contributed by atoms with van der Waals surface area (Å²) in [5, 5.41) is -0.450. The molecule has 2 aliphatic rings. The van der Waals surface area contributed by atoms with E-state index in [4.69, 9.17) is 5.73 Å². The third-order valence-corrected chi connectivity index (χ3v) is 4.39. The number of thioether (sulfide) groups is 1. The molecule has 0 radical (unpaired) electrons. The predicted molar refractivity (Wildman–Crippen MR) is 69.9 cm³/mol. The monoisotopic (exact) mass is 280 g/mol. The van der Waals surface area contributed by atoms with Gasteiger partial charge in [0.15, 0.2) is 0 Å². The summed E-state index contributed by atoms with van der Waals surface area (Å²) in [6.45, 7) is 0. The highest BCUT2D eigenvalue weighted by atomic mass is 32.2. The summed E-state index contributed by atoms with van der Waals surface area (Å²) in [6.07, 6.45) is 2.00. The lowest BCUT2D eigenvalue weighted by Gasteiger charge is -2.13. The molecule has 0 spiro atoms. The van der Waals surface area contributed by atoms with Gasteiger partial charge in [0.1, 0.15) is 5.82 Å². The summed E-state index contributed by atoms with van der Waals surface area (Å²) in [5.41, 5.74) is 5.88. The van der Waals surface area contributed by atoms with E-state index in [0.29, 0.717) is 10.6 Å². The molecule has 2 fully saturated rings. The molecule has 2 N–H and O–H groups in total. The number of imide groups is 1. The Labute approximate surface area is 114 Å². The molecule has 19 heavy (non-hydrogen) atoms. The maximum absolute atomic E-state index is 13.2. The van der Waals surface area contributed by atoms with Crippen LogP contribution in [-0.2, 0) is 9.59 Å². The zero-order valence-corrected chi connectivity index (χ0v) is 11.0. The van der Waals surface area contributed by atoms with Crippen molar-refractivity contribution in [1.82, 2.24) is 4.90 Å². The molecule has 1 atom stereocenters. The van der Waals surface area contributed by atoms with Crippen LogP contribution in [-0.4, -0.2) is 28.0 Å². The Hall–Kier alpha value is -1.56. The highest BCUT2D eigenvalue weighted by molar-refractivity contribution is 8.00. The van der Waals surface area contributed by atoms with Crippen LogP contribution in [0.4, 0.5) is 10.1 Å². The van der Waals surface area contributed by atoms with Crippen LogP contribution in [0, 0.1) is 5.82 Å². The summed E-state index contributed by atoms with van der Waals surface area (Å²) in [5.74, 6) is -0.701. The van der Waals surface area contributed by atoms with E-state index in [1.54, 1.807) is 6.07 Å². The van der Waals surface area contributed by atoms with Gasteiger partial charge < -0.3 is 5.73 Å². The van der Waals surface area contributed by atoms with E-state index in [0.717, 1.165) is 12.8 Å². The van der Waals surface area contributed by atoms with Crippen molar-refractivity contribution in [3.8, 4) is 0 Å². The Kier molecular flexibility index (Phi) is 2.97. The zero-order valence-electron chi connectivity index (χ0n) is 10.1. The molecule has 4 nitrogen and oxygen atoms in total. The Bertz CT molecular complexity index is 539. The van der Waals surface area contributed by atoms with Crippen LogP contribution >= 0.6 is 11.8 Å². The highest BCUT2D eigenvalue weighted by Crippen LogP contribution is 2.38. The molecule has 2 amide bonds. The molecule has 100 valence electrons. The van der Waals surface area contributed by atoms with Gasteiger partial charge in [-0.2, -0.15) is 0 Å². The van der Waals surface area contributed by atoms with E-state index >= 15 is 0 Å². The van der Waals surface area contributed by atoms with Crippen molar-refractivity contribution in [1.29, 1.82) is 0 Å². The van der Waals surface area contributed by atoms with Crippen molar-refractivity contribution in [2.24, 2.45) is 0 Å². The number of likely N-dealkylation sites (tertiary alicyclic amines) is 1. The lowest BCUT2D eigenvalue weighted by atomic mass is 10.3. The minimum Gasteiger partial charge on any atom is -0.399 e. The van der Waals surface area contributed by atoms with Gasteiger partial charge in [0.05, 0.1) is 5.25 Å². The summed E-state index contributed by atoms with van der Waals surface area (Å²) in [6, 6.07) is 4.27. The Morgan fingerprint density at radius 1 is 1.26 bits per heavy atom. The van der Waals surface area contributed by atoms with Gasteiger partial charge in [-0.15, -0.1) is 11.8 Å². The van der Waals surface area contributed by atoms with Crippen LogP contribution in [0.3, 0.4) is 0 Å². The molecule has 6 heteroatoms. The summed E-state index contributed by atoms with van der Waals surface area (Å²) in [7, 11) is 0. The van der Waals surface area contributed by atoms with Crippen LogP contribution in [0.25, 0.3) is 0 Å². The second-order valence-electron chi connectivity index (χ2n) is 4.86. The van der Waals surface area contributed by atoms with Gasteiger partial charge in [-0.3, -0.25) is 14.5 Å². The lowest BCUT2D eigenvalue weighted by Crippen LogP contribution is -2.33. The average molecular weight is 280 g/mol. The average Bonchev–Trinajstić information content (AvgIpc) is 3.07. The fraction of sp³-hybridized carbons (Fsp3) is 0.385. The van der Waals surface area contributed by atoms with Crippen LogP contribution in [0.2, 0.25) is 0 Å². The van der Waals surface area contributed by atoms with E-state index in [2.05, 4.69) is 0 Å². The molecule has 1 unspecified atom stereocenters. The molecular formula is C13H13FN2O2S. The second-order valence-corrected chi connectivity index (χ2v) is 6.14.